The van der Waals surface area contributed by atoms with Crippen LogP contribution in [0.4, 0.5) is 0 Å². The first-order valence-electron chi connectivity index (χ1n) is 4.88. The van der Waals surface area contributed by atoms with Crippen LogP contribution in [0.1, 0.15) is 40.0 Å². The zero-order chi connectivity index (χ0) is 9.45. The molecule has 0 saturated carbocycles. The van der Waals surface area contributed by atoms with Gasteiger partial charge >= 0.3 is 0 Å². The van der Waals surface area contributed by atoms with Gasteiger partial charge in [-0.25, -0.2) is 0 Å². The Kier molecular flexibility index (Phi) is 7.20. The van der Waals surface area contributed by atoms with Gasteiger partial charge in [0.1, 0.15) is 0 Å². The number of hydrogen-bond acceptors (Lipinski definition) is 1. The number of halogens is 1. The maximum Gasteiger partial charge on any atom is 0.162 e. The number of alkyl halides is 1. The Labute approximate surface area is 83.8 Å². The summed E-state index contributed by atoms with van der Waals surface area (Å²) < 4.78 is 5.91. The van der Waals surface area contributed by atoms with E-state index in [4.69, 9.17) is 16.0 Å². The molecule has 0 aromatic carbocycles. The van der Waals surface area contributed by atoms with Gasteiger partial charge < -0.3 is 4.43 Å². The molecule has 0 unspecified atom stereocenters. The van der Waals surface area contributed by atoms with Crippen LogP contribution in [0.25, 0.3) is 0 Å². The zero-order valence-electron chi connectivity index (χ0n) is 8.53. The lowest BCUT2D eigenvalue weighted by atomic mass is 10.0. The Hall–Kier alpha value is 0.467. The molecule has 3 heteroatoms. The lowest BCUT2D eigenvalue weighted by molar-refractivity contribution is 0.0851. The average Bonchev–Trinajstić information content (AvgIpc) is 2.12. The van der Waals surface area contributed by atoms with Gasteiger partial charge in [0.2, 0.25) is 0 Å². The first-order valence-corrected chi connectivity index (χ1v) is 6.99. The van der Waals surface area contributed by atoms with E-state index in [9.17, 15) is 0 Å². The molecule has 0 aromatic heterocycles. The van der Waals surface area contributed by atoms with Crippen molar-refractivity contribution >= 4 is 21.4 Å². The number of hydrogen-bond donors (Lipinski definition) is 0. The predicted molar refractivity (Wildman–Crippen MR) is 58.8 cm³/mol. The third-order valence-corrected chi connectivity index (χ3v) is 4.43. The van der Waals surface area contributed by atoms with Crippen molar-refractivity contribution in [1.29, 1.82) is 0 Å². The largest absolute Gasteiger partial charge is 0.419 e. The van der Waals surface area contributed by atoms with Crippen molar-refractivity contribution in [3.05, 3.63) is 0 Å². The third-order valence-electron chi connectivity index (χ3n) is 2.47. The molecule has 0 saturated heterocycles. The molecule has 74 valence electrons. The molecule has 0 bridgehead atoms. The minimum absolute atomic E-state index is 0.151. The Morgan fingerprint density at radius 3 is 2.33 bits per heavy atom. The van der Waals surface area contributed by atoms with Gasteiger partial charge in [-0.2, -0.15) is 0 Å². The van der Waals surface area contributed by atoms with Crippen LogP contribution >= 0.6 is 11.6 Å². The highest BCUT2D eigenvalue weighted by Gasteiger charge is 2.18. The van der Waals surface area contributed by atoms with Gasteiger partial charge in [0.15, 0.2) is 9.76 Å². The Morgan fingerprint density at radius 2 is 1.92 bits per heavy atom. The van der Waals surface area contributed by atoms with Crippen LogP contribution < -0.4 is 0 Å². The van der Waals surface area contributed by atoms with E-state index in [0.29, 0.717) is 0 Å². The molecule has 0 amide bonds. The van der Waals surface area contributed by atoms with E-state index >= 15 is 0 Å². The normalized spacial score (nSPS) is 13.0. The maximum atomic E-state index is 5.91. The summed E-state index contributed by atoms with van der Waals surface area (Å²) in [6.07, 6.45) is 3.37. The van der Waals surface area contributed by atoms with Crippen LogP contribution in [0.15, 0.2) is 0 Å². The molecule has 0 atom stereocenters. The van der Waals surface area contributed by atoms with Crippen molar-refractivity contribution in [2.75, 3.05) is 5.88 Å². The van der Waals surface area contributed by atoms with Crippen LogP contribution in [-0.4, -0.2) is 21.2 Å². The second-order valence-corrected chi connectivity index (χ2v) is 5.18. The van der Waals surface area contributed by atoms with Crippen LogP contribution in [0.3, 0.4) is 0 Å². The summed E-state index contributed by atoms with van der Waals surface area (Å²) in [5.41, 5.74) is 0.151. The summed E-state index contributed by atoms with van der Waals surface area (Å²) in [5, 5.41) is 0. The first kappa shape index (κ1) is 12.5. The summed E-state index contributed by atoms with van der Waals surface area (Å²) in [6, 6.07) is 1.22. The van der Waals surface area contributed by atoms with Crippen molar-refractivity contribution in [3.63, 3.8) is 0 Å². The van der Waals surface area contributed by atoms with Crippen molar-refractivity contribution in [2.45, 2.75) is 51.7 Å². The molecule has 0 spiro atoms. The molecule has 1 nitrogen and oxygen atoms in total. The molecular formula is C9H21ClOSi. The van der Waals surface area contributed by atoms with Gasteiger partial charge in [-0.3, -0.25) is 0 Å². The summed E-state index contributed by atoms with van der Waals surface area (Å²) >= 11 is 5.59. The van der Waals surface area contributed by atoms with Gasteiger partial charge in [-0.15, -0.1) is 11.6 Å². The van der Waals surface area contributed by atoms with E-state index < -0.39 is 0 Å². The van der Waals surface area contributed by atoms with E-state index in [1.165, 1.54) is 6.04 Å². The Morgan fingerprint density at radius 1 is 1.33 bits per heavy atom. The molecule has 0 rings (SSSR count). The molecule has 0 aliphatic rings. The summed E-state index contributed by atoms with van der Waals surface area (Å²) in [5.74, 6) is 0.783. The highest BCUT2D eigenvalue weighted by atomic mass is 35.5. The topological polar surface area (TPSA) is 9.23 Å². The molecule has 12 heavy (non-hydrogen) atoms. The van der Waals surface area contributed by atoms with Crippen molar-refractivity contribution < 1.29 is 4.43 Å². The highest BCUT2D eigenvalue weighted by molar-refractivity contribution is 6.27. The minimum atomic E-state index is -0.310. The van der Waals surface area contributed by atoms with Crippen molar-refractivity contribution in [2.24, 2.45) is 0 Å². The van der Waals surface area contributed by atoms with Crippen LogP contribution in [0.2, 0.25) is 6.04 Å². The average molecular weight is 209 g/mol. The molecule has 0 fully saturated rings. The monoisotopic (exact) mass is 208 g/mol. The van der Waals surface area contributed by atoms with Crippen molar-refractivity contribution in [1.82, 2.24) is 0 Å². The molecular weight excluding hydrogens is 188 g/mol. The fraction of sp³-hybridized carbons (Fsp3) is 1.00. The van der Waals surface area contributed by atoms with Gasteiger partial charge in [0, 0.05) is 5.88 Å². The highest BCUT2D eigenvalue weighted by Crippen LogP contribution is 2.18. The predicted octanol–water partition coefficient (Wildman–Crippen LogP) is 2.71. The Balaban J connectivity index is 3.45. The lowest BCUT2D eigenvalue weighted by Gasteiger charge is -2.27. The van der Waals surface area contributed by atoms with Gasteiger partial charge in [0.05, 0.1) is 5.60 Å². The van der Waals surface area contributed by atoms with E-state index in [-0.39, 0.29) is 15.4 Å². The standard InChI is InChI=1S/C9H21ClOSi/c1-4-9(3,5-2)11-12-8-6-7-10/h4-8,12H2,1-3H3. The van der Waals surface area contributed by atoms with Crippen LogP contribution in [-0.2, 0) is 4.43 Å². The minimum Gasteiger partial charge on any atom is -0.419 e. The fourth-order valence-electron chi connectivity index (χ4n) is 0.969. The first-order chi connectivity index (χ1) is 5.68. The number of rotatable bonds is 7. The van der Waals surface area contributed by atoms with E-state index in [1.807, 2.05) is 0 Å². The smallest absolute Gasteiger partial charge is 0.162 e. The van der Waals surface area contributed by atoms with E-state index in [0.717, 1.165) is 25.1 Å². The van der Waals surface area contributed by atoms with Gasteiger partial charge in [-0.1, -0.05) is 13.8 Å². The third kappa shape index (κ3) is 5.17. The summed E-state index contributed by atoms with van der Waals surface area (Å²) in [6.45, 7) is 6.60. The van der Waals surface area contributed by atoms with Gasteiger partial charge in [0.25, 0.3) is 0 Å². The second kappa shape index (κ2) is 6.93. The van der Waals surface area contributed by atoms with Crippen LogP contribution in [0.5, 0.6) is 0 Å². The molecule has 0 aromatic rings. The quantitative estimate of drug-likeness (QED) is 0.355. The lowest BCUT2D eigenvalue weighted by Crippen LogP contribution is -2.28. The van der Waals surface area contributed by atoms with Crippen LogP contribution in [0, 0.1) is 0 Å². The zero-order valence-corrected chi connectivity index (χ0v) is 10.7. The van der Waals surface area contributed by atoms with E-state index in [2.05, 4.69) is 20.8 Å². The molecule has 0 aliphatic heterocycles. The summed E-state index contributed by atoms with van der Waals surface area (Å²) in [4.78, 5) is 0. The molecule has 0 aliphatic carbocycles. The molecule has 0 radical (unpaired) electrons. The summed E-state index contributed by atoms with van der Waals surface area (Å²) in [7, 11) is -0.310. The Bertz CT molecular complexity index is 105. The SMILES string of the molecule is CCC(C)(CC)O[SiH2]CCCCl. The molecule has 0 N–H and O–H groups in total. The van der Waals surface area contributed by atoms with Crippen molar-refractivity contribution in [3.8, 4) is 0 Å². The van der Waals surface area contributed by atoms with E-state index in [1.54, 1.807) is 0 Å². The second-order valence-electron chi connectivity index (χ2n) is 3.40. The van der Waals surface area contributed by atoms with Gasteiger partial charge in [-0.05, 0) is 32.2 Å². The molecule has 0 heterocycles. The fourth-order valence-corrected chi connectivity index (χ4v) is 2.97. The maximum absolute atomic E-state index is 5.91.